The van der Waals surface area contributed by atoms with Crippen molar-refractivity contribution in [3.63, 3.8) is 0 Å². The summed E-state index contributed by atoms with van der Waals surface area (Å²) in [5.41, 5.74) is 0. The molecule has 0 bridgehead atoms. The highest BCUT2D eigenvalue weighted by Crippen LogP contribution is 2.41. The van der Waals surface area contributed by atoms with Crippen molar-refractivity contribution in [3.05, 3.63) is 0 Å². The van der Waals surface area contributed by atoms with Crippen molar-refractivity contribution in [3.8, 4) is 0 Å². The Hall–Kier alpha value is 0. The van der Waals surface area contributed by atoms with Crippen LogP contribution in [0.5, 0.6) is 0 Å². The molecule has 0 saturated heterocycles. The molecule has 84 valence electrons. The summed E-state index contributed by atoms with van der Waals surface area (Å²) < 4.78 is 0. The van der Waals surface area contributed by atoms with Gasteiger partial charge in [-0.1, -0.05) is 47.5 Å². The molecular weight excluding hydrogens is 168 g/mol. The SMILES string of the molecule is CC[C@@H]1CC(C)C(C)C(C)C[C@@H]1CC. The van der Waals surface area contributed by atoms with Crippen LogP contribution in [0.2, 0.25) is 0 Å². The minimum atomic E-state index is 0.931. The molecule has 1 fully saturated rings. The second kappa shape index (κ2) is 5.19. The molecule has 0 spiro atoms. The zero-order chi connectivity index (χ0) is 10.7. The van der Waals surface area contributed by atoms with Crippen LogP contribution in [-0.2, 0) is 0 Å². The van der Waals surface area contributed by atoms with E-state index in [0.29, 0.717) is 0 Å². The number of hydrogen-bond acceptors (Lipinski definition) is 0. The Balaban J connectivity index is 2.71. The summed E-state index contributed by atoms with van der Waals surface area (Å²) in [7, 11) is 0. The van der Waals surface area contributed by atoms with E-state index in [4.69, 9.17) is 0 Å². The topological polar surface area (TPSA) is 0 Å². The van der Waals surface area contributed by atoms with Crippen LogP contribution in [0, 0.1) is 29.6 Å². The standard InChI is InChI=1S/C14H28/c1-6-13-8-10(3)12(5)11(4)9-14(13)7-2/h10-14H,6-9H2,1-5H3/t10?,11?,12?,13-,14+. The van der Waals surface area contributed by atoms with Crippen molar-refractivity contribution in [1.82, 2.24) is 0 Å². The van der Waals surface area contributed by atoms with Crippen LogP contribution in [0.25, 0.3) is 0 Å². The molecule has 0 amide bonds. The Labute approximate surface area is 90.5 Å². The minimum absolute atomic E-state index is 0.931. The van der Waals surface area contributed by atoms with Crippen molar-refractivity contribution >= 4 is 0 Å². The molecule has 5 atom stereocenters. The second-order valence-electron chi connectivity index (χ2n) is 5.62. The Morgan fingerprint density at radius 3 is 1.43 bits per heavy atom. The van der Waals surface area contributed by atoms with Crippen LogP contribution in [0.3, 0.4) is 0 Å². The molecule has 0 aromatic carbocycles. The maximum atomic E-state index is 2.46. The molecule has 3 unspecified atom stereocenters. The van der Waals surface area contributed by atoms with Gasteiger partial charge in [0.25, 0.3) is 0 Å². The molecule has 14 heavy (non-hydrogen) atoms. The minimum Gasteiger partial charge on any atom is -0.0651 e. The van der Waals surface area contributed by atoms with Gasteiger partial charge in [-0.05, 0) is 42.4 Å². The lowest BCUT2D eigenvalue weighted by molar-refractivity contribution is 0.269. The fraction of sp³-hybridized carbons (Fsp3) is 1.00. The van der Waals surface area contributed by atoms with Crippen LogP contribution in [0.4, 0.5) is 0 Å². The predicted molar refractivity (Wildman–Crippen MR) is 64.3 cm³/mol. The largest absolute Gasteiger partial charge is 0.0651 e. The monoisotopic (exact) mass is 196 g/mol. The summed E-state index contributed by atoms with van der Waals surface area (Å²) in [4.78, 5) is 0. The molecule has 1 rings (SSSR count). The van der Waals surface area contributed by atoms with E-state index >= 15 is 0 Å². The zero-order valence-electron chi connectivity index (χ0n) is 10.7. The van der Waals surface area contributed by atoms with Crippen molar-refractivity contribution < 1.29 is 0 Å². The second-order valence-corrected chi connectivity index (χ2v) is 5.62. The Bertz CT molecular complexity index is 143. The van der Waals surface area contributed by atoms with Crippen molar-refractivity contribution in [2.45, 2.75) is 60.3 Å². The van der Waals surface area contributed by atoms with Crippen LogP contribution in [-0.4, -0.2) is 0 Å². The van der Waals surface area contributed by atoms with Gasteiger partial charge in [-0.25, -0.2) is 0 Å². The molecule has 0 N–H and O–H groups in total. The molecule has 0 heteroatoms. The molecule has 0 nitrogen and oxygen atoms in total. The van der Waals surface area contributed by atoms with Gasteiger partial charge < -0.3 is 0 Å². The maximum Gasteiger partial charge on any atom is -0.0386 e. The zero-order valence-corrected chi connectivity index (χ0v) is 10.7. The third-order valence-electron chi connectivity index (χ3n) is 4.86. The van der Waals surface area contributed by atoms with E-state index in [1.54, 1.807) is 0 Å². The third-order valence-corrected chi connectivity index (χ3v) is 4.86. The van der Waals surface area contributed by atoms with Crippen molar-refractivity contribution in [2.24, 2.45) is 29.6 Å². The lowest BCUT2D eigenvalue weighted by Gasteiger charge is -2.24. The van der Waals surface area contributed by atoms with Crippen LogP contribution in [0.15, 0.2) is 0 Å². The van der Waals surface area contributed by atoms with Gasteiger partial charge in [0.15, 0.2) is 0 Å². The van der Waals surface area contributed by atoms with Gasteiger partial charge in [-0.15, -0.1) is 0 Å². The maximum absolute atomic E-state index is 2.46. The molecule has 0 heterocycles. The predicted octanol–water partition coefficient (Wildman–Crippen LogP) is 4.74. The van der Waals surface area contributed by atoms with Crippen LogP contribution >= 0.6 is 0 Å². The summed E-state index contributed by atoms with van der Waals surface area (Å²) in [6, 6.07) is 0. The average molecular weight is 196 g/mol. The Morgan fingerprint density at radius 1 is 0.786 bits per heavy atom. The Morgan fingerprint density at radius 2 is 1.14 bits per heavy atom. The highest BCUT2D eigenvalue weighted by Gasteiger charge is 2.31. The summed E-state index contributed by atoms with van der Waals surface area (Å²) in [5, 5.41) is 0. The quantitative estimate of drug-likeness (QED) is 0.560. The molecule has 0 aliphatic heterocycles. The van der Waals surface area contributed by atoms with Gasteiger partial charge in [-0.3, -0.25) is 0 Å². The summed E-state index contributed by atoms with van der Waals surface area (Å²) >= 11 is 0. The lowest BCUT2D eigenvalue weighted by Crippen LogP contribution is -2.14. The number of rotatable bonds is 2. The summed E-state index contributed by atoms with van der Waals surface area (Å²) in [6.07, 6.45) is 5.73. The van der Waals surface area contributed by atoms with Gasteiger partial charge >= 0.3 is 0 Å². The fourth-order valence-corrected chi connectivity index (χ4v) is 3.33. The van der Waals surface area contributed by atoms with Gasteiger partial charge in [0.1, 0.15) is 0 Å². The van der Waals surface area contributed by atoms with Crippen molar-refractivity contribution in [1.29, 1.82) is 0 Å². The summed E-state index contributed by atoms with van der Waals surface area (Å²) in [5.74, 6) is 4.81. The fourth-order valence-electron chi connectivity index (χ4n) is 3.33. The van der Waals surface area contributed by atoms with E-state index in [2.05, 4.69) is 34.6 Å². The normalized spacial score (nSPS) is 44.8. The molecule has 0 aromatic heterocycles. The molecule has 1 saturated carbocycles. The molecule has 0 radical (unpaired) electrons. The van der Waals surface area contributed by atoms with Gasteiger partial charge in [0.05, 0.1) is 0 Å². The van der Waals surface area contributed by atoms with Gasteiger partial charge in [0, 0.05) is 0 Å². The Kier molecular flexibility index (Phi) is 4.47. The highest BCUT2D eigenvalue weighted by atomic mass is 14.4. The first-order chi connectivity index (χ1) is 6.60. The third kappa shape index (κ3) is 2.52. The van der Waals surface area contributed by atoms with E-state index in [1.807, 2.05) is 0 Å². The first kappa shape index (κ1) is 12.1. The van der Waals surface area contributed by atoms with Gasteiger partial charge in [-0.2, -0.15) is 0 Å². The lowest BCUT2D eigenvalue weighted by atomic mass is 9.82. The molecule has 1 aliphatic carbocycles. The first-order valence-corrected chi connectivity index (χ1v) is 6.60. The van der Waals surface area contributed by atoms with Gasteiger partial charge in [0.2, 0.25) is 0 Å². The summed E-state index contributed by atoms with van der Waals surface area (Å²) in [6.45, 7) is 12.1. The van der Waals surface area contributed by atoms with E-state index in [9.17, 15) is 0 Å². The smallest absolute Gasteiger partial charge is 0.0386 e. The van der Waals surface area contributed by atoms with Crippen LogP contribution in [0.1, 0.15) is 60.3 Å². The van der Waals surface area contributed by atoms with Crippen molar-refractivity contribution in [2.75, 3.05) is 0 Å². The molecule has 1 aliphatic rings. The molecule has 0 aromatic rings. The van der Waals surface area contributed by atoms with E-state index in [0.717, 1.165) is 29.6 Å². The van der Waals surface area contributed by atoms with Crippen LogP contribution < -0.4 is 0 Å². The highest BCUT2D eigenvalue weighted by molar-refractivity contribution is 4.81. The van der Waals surface area contributed by atoms with E-state index < -0.39 is 0 Å². The average Bonchev–Trinajstić information content (AvgIpc) is 2.29. The van der Waals surface area contributed by atoms with E-state index in [-0.39, 0.29) is 0 Å². The number of hydrogen-bond donors (Lipinski definition) is 0. The first-order valence-electron chi connectivity index (χ1n) is 6.60. The van der Waals surface area contributed by atoms with E-state index in [1.165, 1.54) is 25.7 Å². The molecular formula is C14H28.